The monoisotopic (exact) mass is 529 g/mol. The van der Waals surface area contributed by atoms with Crippen molar-refractivity contribution in [3.8, 4) is 0 Å². The van der Waals surface area contributed by atoms with Gasteiger partial charge in [-0.3, -0.25) is 4.79 Å². The molecule has 204 valence electrons. The van der Waals surface area contributed by atoms with Gasteiger partial charge < -0.3 is 19.5 Å². The lowest BCUT2D eigenvalue weighted by molar-refractivity contribution is -0.0834. The molecule has 0 saturated carbocycles. The van der Waals surface area contributed by atoms with Crippen molar-refractivity contribution in [2.75, 3.05) is 5.32 Å². The summed E-state index contributed by atoms with van der Waals surface area (Å²) in [6, 6.07) is 21.4. The van der Waals surface area contributed by atoms with Crippen LogP contribution in [0.5, 0.6) is 0 Å². The van der Waals surface area contributed by atoms with Gasteiger partial charge in [0.15, 0.2) is 0 Å². The summed E-state index contributed by atoms with van der Waals surface area (Å²) < 4.78 is 15.2. The zero-order valence-corrected chi connectivity index (χ0v) is 23.1. The largest absolute Gasteiger partial charge is 0.511 e. The molecule has 1 N–H and O–H groups in total. The molecule has 1 aliphatic rings. The van der Waals surface area contributed by atoms with Gasteiger partial charge in [-0.2, -0.15) is 0 Å². The molecule has 1 amide bonds. The minimum Gasteiger partial charge on any atom is -0.429 e. The van der Waals surface area contributed by atoms with E-state index in [2.05, 4.69) is 45.1 Å². The van der Waals surface area contributed by atoms with Crippen molar-refractivity contribution < 1.29 is 28.6 Å². The van der Waals surface area contributed by atoms with Crippen LogP contribution in [0, 0.1) is 0 Å². The van der Waals surface area contributed by atoms with Crippen LogP contribution in [0.15, 0.2) is 72.8 Å². The van der Waals surface area contributed by atoms with Crippen molar-refractivity contribution in [2.45, 2.75) is 71.2 Å². The van der Waals surface area contributed by atoms with E-state index in [1.807, 2.05) is 36.4 Å². The van der Waals surface area contributed by atoms with Crippen LogP contribution in [-0.4, -0.2) is 24.3 Å². The van der Waals surface area contributed by atoms with Gasteiger partial charge in [0.05, 0.1) is 5.56 Å². The Morgan fingerprint density at radius 2 is 1.41 bits per heavy atom. The summed E-state index contributed by atoms with van der Waals surface area (Å²) in [6.07, 6.45) is 0.110. The summed E-state index contributed by atoms with van der Waals surface area (Å²) >= 11 is 0. The van der Waals surface area contributed by atoms with Crippen molar-refractivity contribution in [3.05, 3.63) is 101 Å². The summed E-state index contributed by atoms with van der Waals surface area (Å²) in [4.78, 5) is 37.3. The molecule has 0 heterocycles. The zero-order valence-electron chi connectivity index (χ0n) is 23.1. The van der Waals surface area contributed by atoms with E-state index in [4.69, 9.17) is 14.2 Å². The highest BCUT2D eigenvalue weighted by Crippen LogP contribution is 2.46. The summed E-state index contributed by atoms with van der Waals surface area (Å²) in [5, 5.41) is 2.97. The van der Waals surface area contributed by atoms with E-state index < -0.39 is 18.4 Å². The first-order valence-corrected chi connectivity index (χ1v) is 13.1. The molecule has 3 aromatic rings. The van der Waals surface area contributed by atoms with Gasteiger partial charge in [-0.05, 0) is 76.8 Å². The molecule has 0 saturated heterocycles. The molecule has 1 unspecified atom stereocenters. The maximum Gasteiger partial charge on any atom is 0.511 e. The molecule has 0 bridgehead atoms. The van der Waals surface area contributed by atoms with Crippen molar-refractivity contribution in [3.63, 3.8) is 0 Å². The SMILES string of the molecule is CC(OC(=O)OCc1ccccc1)OC(=O)c1ccc(C(=O)Nc2ccc3c(c2)C(C)(C)CCC3(C)C)cc1. The van der Waals surface area contributed by atoms with E-state index in [-0.39, 0.29) is 28.9 Å². The number of anilines is 1. The number of nitrogens with one attached hydrogen (secondary N) is 1. The molecule has 1 aliphatic carbocycles. The van der Waals surface area contributed by atoms with Crippen LogP contribution in [-0.2, 0) is 31.6 Å². The van der Waals surface area contributed by atoms with Gasteiger partial charge in [0, 0.05) is 18.2 Å². The Labute approximate surface area is 229 Å². The van der Waals surface area contributed by atoms with Gasteiger partial charge in [0.1, 0.15) is 6.61 Å². The first-order valence-electron chi connectivity index (χ1n) is 13.1. The molecule has 0 spiro atoms. The predicted octanol–water partition coefficient (Wildman–Crippen LogP) is 7.14. The second kappa shape index (κ2) is 11.3. The summed E-state index contributed by atoms with van der Waals surface area (Å²) in [5.41, 5.74) is 4.88. The topological polar surface area (TPSA) is 90.9 Å². The van der Waals surface area contributed by atoms with Gasteiger partial charge in [-0.1, -0.05) is 64.1 Å². The molecule has 1 atom stereocenters. The smallest absolute Gasteiger partial charge is 0.429 e. The average Bonchev–Trinajstić information content (AvgIpc) is 2.91. The van der Waals surface area contributed by atoms with Crippen molar-refractivity contribution in [1.29, 1.82) is 0 Å². The molecular formula is C32H35NO6. The molecular weight excluding hydrogens is 494 g/mol. The zero-order chi connectivity index (χ0) is 28.2. The highest BCUT2D eigenvalue weighted by molar-refractivity contribution is 6.05. The Kier molecular flexibility index (Phi) is 8.09. The van der Waals surface area contributed by atoms with E-state index in [0.29, 0.717) is 5.56 Å². The lowest BCUT2D eigenvalue weighted by Crippen LogP contribution is -2.33. The fourth-order valence-corrected chi connectivity index (χ4v) is 4.76. The van der Waals surface area contributed by atoms with Crippen LogP contribution in [0.2, 0.25) is 0 Å². The standard InChI is InChI=1S/C32H35NO6/c1-21(39-30(36)37-20-22-9-7-6-8-10-22)38-29(35)24-13-11-23(12-14-24)28(34)33-25-15-16-26-27(19-25)32(4,5)18-17-31(26,2)3/h6-16,19,21H,17-18,20H2,1-5H3,(H,33,34). The van der Waals surface area contributed by atoms with Crippen molar-refractivity contribution in [2.24, 2.45) is 0 Å². The predicted molar refractivity (Wildman–Crippen MR) is 149 cm³/mol. The molecule has 0 radical (unpaired) electrons. The van der Waals surface area contributed by atoms with Crippen molar-refractivity contribution >= 4 is 23.7 Å². The van der Waals surface area contributed by atoms with Gasteiger partial charge in [0.25, 0.3) is 5.91 Å². The van der Waals surface area contributed by atoms with Crippen molar-refractivity contribution in [1.82, 2.24) is 0 Å². The summed E-state index contributed by atoms with van der Waals surface area (Å²) in [5.74, 6) is -0.967. The number of benzene rings is 3. The fraction of sp³-hybridized carbons (Fsp3) is 0.344. The van der Waals surface area contributed by atoms with Gasteiger partial charge in [-0.25, -0.2) is 9.59 Å². The highest BCUT2D eigenvalue weighted by Gasteiger charge is 2.37. The number of rotatable bonds is 7. The fourth-order valence-electron chi connectivity index (χ4n) is 4.76. The number of hydrogen-bond donors (Lipinski definition) is 1. The van der Waals surface area contributed by atoms with Gasteiger partial charge >= 0.3 is 12.1 Å². The molecule has 0 aromatic heterocycles. The third-order valence-corrected chi connectivity index (χ3v) is 7.23. The summed E-state index contributed by atoms with van der Waals surface area (Å²) in [6.45, 7) is 10.5. The van der Waals surface area contributed by atoms with Crippen LogP contribution < -0.4 is 5.32 Å². The maximum absolute atomic E-state index is 12.9. The molecule has 3 aromatic carbocycles. The van der Waals surface area contributed by atoms with E-state index >= 15 is 0 Å². The minimum absolute atomic E-state index is 0.0348. The Balaban J connectivity index is 1.32. The minimum atomic E-state index is -1.15. The van der Waals surface area contributed by atoms with E-state index in [9.17, 15) is 14.4 Å². The first-order chi connectivity index (χ1) is 18.4. The third kappa shape index (κ3) is 6.85. The normalized spacial score (nSPS) is 15.8. The number of esters is 1. The number of ether oxygens (including phenoxy) is 3. The van der Waals surface area contributed by atoms with E-state index in [1.54, 1.807) is 12.1 Å². The number of carbonyl (C=O) groups is 3. The van der Waals surface area contributed by atoms with Crippen LogP contribution in [0.25, 0.3) is 0 Å². The average molecular weight is 530 g/mol. The molecule has 4 rings (SSSR count). The van der Waals surface area contributed by atoms with E-state index in [0.717, 1.165) is 24.1 Å². The second-order valence-corrected chi connectivity index (χ2v) is 11.2. The number of amides is 1. The maximum atomic E-state index is 12.9. The van der Waals surface area contributed by atoms with E-state index in [1.165, 1.54) is 30.2 Å². The number of fused-ring (bicyclic) bond motifs is 1. The molecule has 0 aliphatic heterocycles. The number of hydrogen-bond acceptors (Lipinski definition) is 6. The van der Waals surface area contributed by atoms with Gasteiger partial charge in [-0.15, -0.1) is 0 Å². The van der Waals surface area contributed by atoms with Crippen LogP contribution in [0.4, 0.5) is 10.5 Å². The quantitative estimate of drug-likeness (QED) is 0.258. The third-order valence-electron chi connectivity index (χ3n) is 7.23. The Morgan fingerprint density at radius 3 is 2.08 bits per heavy atom. The first kappa shape index (κ1) is 27.9. The highest BCUT2D eigenvalue weighted by atomic mass is 16.8. The Morgan fingerprint density at radius 1 is 0.795 bits per heavy atom. The molecule has 0 fully saturated rings. The molecule has 7 nitrogen and oxygen atoms in total. The van der Waals surface area contributed by atoms with Crippen LogP contribution >= 0.6 is 0 Å². The van der Waals surface area contributed by atoms with Crippen LogP contribution in [0.1, 0.15) is 84.9 Å². The summed E-state index contributed by atoms with van der Waals surface area (Å²) in [7, 11) is 0. The second-order valence-electron chi connectivity index (χ2n) is 11.2. The number of carbonyl (C=O) groups excluding carboxylic acids is 3. The molecule has 7 heteroatoms. The Bertz CT molecular complexity index is 1340. The van der Waals surface area contributed by atoms with Crippen LogP contribution in [0.3, 0.4) is 0 Å². The van der Waals surface area contributed by atoms with Gasteiger partial charge in [0.2, 0.25) is 6.29 Å². The Hall–Kier alpha value is -4.13. The molecule has 39 heavy (non-hydrogen) atoms. The lowest BCUT2D eigenvalue weighted by atomic mass is 9.63. The lowest BCUT2D eigenvalue weighted by Gasteiger charge is -2.42.